The van der Waals surface area contributed by atoms with E-state index in [4.69, 9.17) is 5.73 Å². The molecule has 2 heteroatoms. The first kappa shape index (κ1) is 21.2. The van der Waals surface area contributed by atoms with E-state index in [9.17, 15) is 4.79 Å². The predicted octanol–water partition coefficient (Wildman–Crippen LogP) is 6.29. The second kappa shape index (κ2) is 18.3. The SMILES string of the molecule is CCCCCCCCCC/C=C\CCCCCCCC(N)=O. The Kier molecular flexibility index (Phi) is 17.6. The van der Waals surface area contributed by atoms with E-state index in [0.29, 0.717) is 6.42 Å². The van der Waals surface area contributed by atoms with Crippen LogP contribution in [0.5, 0.6) is 0 Å². The zero-order valence-corrected chi connectivity index (χ0v) is 15.0. The Balaban J connectivity index is 3.07. The molecule has 0 rings (SSSR count). The third-order valence-electron chi connectivity index (χ3n) is 4.18. The Labute approximate surface area is 138 Å². The average Bonchev–Trinajstić information content (AvgIpc) is 2.50. The molecule has 0 radical (unpaired) electrons. The summed E-state index contributed by atoms with van der Waals surface area (Å²) in [6.45, 7) is 2.27. The molecule has 0 aromatic rings. The molecule has 22 heavy (non-hydrogen) atoms. The van der Waals surface area contributed by atoms with Gasteiger partial charge in [0, 0.05) is 6.42 Å². The third-order valence-corrected chi connectivity index (χ3v) is 4.18. The number of carbonyl (C=O) groups is 1. The molecular weight excluding hydrogens is 270 g/mol. The second-order valence-electron chi connectivity index (χ2n) is 6.51. The van der Waals surface area contributed by atoms with Gasteiger partial charge >= 0.3 is 0 Å². The highest BCUT2D eigenvalue weighted by Crippen LogP contribution is 2.11. The van der Waals surface area contributed by atoms with Crippen LogP contribution >= 0.6 is 0 Å². The second-order valence-corrected chi connectivity index (χ2v) is 6.51. The lowest BCUT2D eigenvalue weighted by Crippen LogP contribution is -2.09. The summed E-state index contributed by atoms with van der Waals surface area (Å²) in [7, 11) is 0. The first-order valence-electron chi connectivity index (χ1n) is 9.70. The van der Waals surface area contributed by atoms with Crippen molar-refractivity contribution in [3.8, 4) is 0 Å². The highest BCUT2D eigenvalue weighted by atomic mass is 16.1. The summed E-state index contributed by atoms with van der Waals surface area (Å²) in [6, 6.07) is 0. The molecule has 0 aromatic carbocycles. The average molecular weight is 310 g/mol. The van der Waals surface area contributed by atoms with E-state index in [0.717, 1.165) is 12.8 Å². The first-order chi connectivity index (χ1) is 10.8. The summed E-state index contributed by atoms with van der Waals surface area (Å²) in [5.74, 6) is -0.163. The normalized spacial score (nSPS) is 11.3. The zero-order chi connectivity index (χ0) is 16.3. The molecule has 0 fully saturated rings. The Hall–Kier alpha value is -0.790. The highest BCUT2D eigenvalue weighted by molar-refractivity contribution is 5.73. The molecule has 0 saturated heterocycles. The molecule has 0 atom stereocenters. The van der Waals surface area contributed by atoms with Gasteiger partial charge in [-0.2, -0.15) is 0 Å². The smallest absolute Gasteiger partial charge is 0.217 e. The van der Waals surface area contributed by atoms with Crippen LogP contribution in [0, 0.1) is 0 Å². The monoisotopic (exact) mass is 309 g/mol. The van der Waals surface area contributed by atoms with Crippen molar-refractivity contribution in [2.45, 2.75) is 110 Å². The molecule has 1 amide bonds. The summed E-state index contributed by atoms with van der Waals surface area (Å²) in [4.78, 5) is 10.6. The maximum Gasteiger partial charge on any atom is 0.217 e. The van der Waals surface area contributed by atoms with Crippen LogP contribution < -0.4 is 5.73 Å². The fourth-order valence-corrected chi connectivity index (χ4v) is 2.72. The van der Waals surface area contributed by atoms with E-state index >= 15 is 0 Å². The van der Waals surface area contributed by atoms with Gasteiger partial charge in [0.25, 0.3) is 0 Å². The summed E-state index contributed by atoms with van der Waals surface area (Å²) >= 11 is 0. The van der Waals surface area contributed by atoms with Crippen LogP contribution in [0.1, 0.15) is 110 Å². The molecule has 0 unspecified atom stereocenters. The number of primary amides is 1. The van der Waals surface area contributed by atoms with Gasteiger partial charge in [-0.3, -0.25) is 4.79 Å². The number of rotatable bonds is 17. The molecule has 2 N–H and O–H groups in total. The van der Waals surface area contributed by atoms with Gasteiger partial charge in [-0.05, 0) is 32.1 Å². The molecule has 0 aromatic heterocycles. The number of nitrogens with two attached hydrogens (primary N) is 1. The van der Waals surface area contributed by atoms with Crippen molar-refractivity contribution in [2.24, 2.45) is 5.73 Å². The molecule has 0 spiro atoms. The summed E-state index contributed by atoms with van der Waals surface area (Å²) < 4.78 is 0. The van der Waals surface area contributed by atoms with Crippen molar-refractivity contribution in [3.63, 3.8) is 0 Å². The number of carbonyl (C=O) groups excluding carboxylic acids is 1. The van der Waals surface area contributed by atoms with Gasteiger partial charge in [0.15, 0.2) is 0 Å². The van der Waals surface area contributed by atoms with Crippen LogP contribution in [0.15, 0.2) is 12.2 Å². The third kappa shape index (κ3) is 19.2. The van der Waals surface area contributed by atoms with Crippen LogP contribution in [0.3, 0.4) is 0 Å². The minimum absolute atomic E-state index is 0.163. The molecule has 0 saturated carbocycles. The van der Waals surface area contributed by atoms with E-state index in [-0.39, 0.29) is 5.91 Å². The number of hydrogen-bond acceptors (Lipinski definition) is 1. The van der Waals surface area contributed by atoms with Crippen LogP contribution in [0.4, 0.5) is 0 Å². The molecule has 0 aliphatic heterocycles. The largest absolute Gasteiger partial charge is 0.370 e. The van der Waals surface area contributed by atoms with Crippen molar-refractivity contribution in [1.82, 2.24) is 0 Å². The van der Waals surface area contributed by atoms with Gasteiger partial charge in [-0.25, -0.2) is 0 Å². The van der Waals surface area contributed by atoms with E-state index in [2.05, 4.69) is 19.1 Å². The molecule has 0 heterocycles. The first-order valence-corrected chi connectivity index (χ1v) is 9.70. The number of allylic oxidation sites excluding steroid dienone is 2. The van der Waals surface area contributed by atoms with Gasteiger partial charge in [-0.15, -0.1) is 0 Å². The van der Waals surface area contributed by atoms with Crippen LogP contribution in [0.2, 0.25) is 0 Å². The van der Waals surface area contributed by atoms with Gasteiger partial charge in [0.2, 0.25) is 5.91 Å². The minimum atomic E-state index is -0.163. The van der Waals surface area contributed by atoms with Crippen molar-refractivity contribution >= 4 is 5.91 Å². The zero-order valence-electron chi connectivity index (χ0n) is 15.0. The molecule has 0 aliphatic carbocycles. The lowest BCUT2D eigenvalue weighted by molar-refractivity contribution is -0.118. The highest BCUT2D eigenvalue weighted by Gasteiger charge is 1.94. The fraction of sp³-hybridized carbons (Fsp3) is 0.850. The lowest BCUT2D eigenvalue weighted by Gasteiger charge is -2.00. The summed E-state index contributed by atoms with van der Waals surface area (Å²) in [5, 5.41) is 0. The topological polar surface area (TPSA) is 43.1 Å². The maximum atomic E-state index is 10.6. The molecule has 130 valence electrons. The van der Waals surface area contributed by atoms with Crippen molar-refractivity contribution in [1.29, 1.82) is 0 Å². The number of unbranched alkanes of at least 4 members (excludes halogenated alkanes) is 13. The molecule has 2 nitrogen and oxygen atoms in total. The fourth-order valence-electron chi connectivity index (χ4n) is 2.72. The number of amides is 1. The van der Waals surface area contributed by atoms with Crippen molar-refractivity contribution in [3.05, 3.63) is 12.2 Å². The molecule has 0 aliphatic rings. The molecular formula is C20H39NO. The summed E-state index contributed by atoms with van der Waals surface area (Å²) in [6.07, 6.45) is 24.9. The van der Waals surface area contributed by atoms with Gasteiger partial charge in [-0.1, -0.05) is 83.3 Å². The van der Waals surface area contributed by atoms with E-state index in [1.807, 2.05) is 0 Å². The van der Waals surface area contributed by atoms with Crippen molar-refractivity contribution in [2.75, 3.05) is 0 Å². The number of hydrogen-bond donors (Lipinski definition) is 1. The minimum Gasteiger partial charge on any atom is -0.370 e. The maximum absolute atomic E-state index is 10.6. The Bertz CT molecular complexity index is 260. The van der Waals surface area contributed by atoms with Crippen molar-refractivity contribution < 1.29 is 4.79 Å². The quantitative estimate of drug-likeness (QED) is 0.249. The molecule has 0 bridgehead atoms. The van der Waals surface area contributed by atoms with Gasteiger partial charge in [0.05, 0.1) is 0 Å². The Morgan fingerprint density at radius 2 is 1.09 bits per heavy atom. The van der Waals surface area contributed by atoms with Crippen LogP contribution in [-0.2, 0) is 4.79 Å². The van der Waals surface area contributed by atoms with E-state index in [1.54, 1.807) is 0 Å². The lowest BCUT2D eigenvalue weighted by atomic mass is 10.1. The van der Waals surface area contributed by atoms with Gasteiger partial charge < -0.3 is 5.73 Å². The Morgan fingerprint density at radius 3 is 1.55 bits per heavy atom. The van der Waals surface area contributed by atoms with Gasteiger partial charge in [0.1, 0.15) is 0 Å². The van der Waals surface area contributed by atoms with Crippen LogP contribution in [-0.4, -0.2) is 5.91 Å². The van der Waals surface area contributed by atoms with E-state index < -0.39 is 0 Å². The summed E-state index contributed by atoms with van der Waals surface area (Å²) in [5.41, 5.74) is 5.11. The predicted molar refractivity (Wildman–Crippen MR) is 97.9 cm³/mol. The van der Waals surface area contributed by atoms with E-state index in [1.165, 1.54) is 83.5 Å². The van der Waals surface area contributed by atoms with Crippen LogP contribution in [0.25, 0.3) is 0 Å². The Morgan fingerprint density at radius 1 is 0.682 bits per heavy atom. The standard InChI is InChI=1S/C20H39NO/c1-2-3-4-5-6-7-8-9-10-11-12-13-14-15-16-17-18-19-20(21)22/h11-12H,2-10,13-19H2,1H3,(H2,21,22)/b12-11-.